The predicted octanol–water partition coefficient (Wildman–Crippen LogP) is 6.11. The summed E-state index contributed by atoms with van der Waals surface area (Å²) in [4.78, 5) is 28.8. The van der Waals surface area contributed by atoms with Crippen LogP contribution in [0.3, 0.4) is 0 Å². The van der Waals surface area contributed by atoms with Crippen molar-refractivity contribution in [3.05, 3.63) is 106 Å². The molecule has 0 bridgehead atoms. The number of carbonyl (C=O) groups excluding carboxylic acids is 2. The van der Waals surface area contributed by atoms with E-state index in [1.807, 2.05) is 68.4 Å². The molecular formula is C30H35BrN2O2. The molecule has 0 aliphatic carbocycles. The fraction of sp³-hybridized carbons (Fsp3) is 0.333. The molecule has 0 aromatic heterocycles. The van der Waals surface area contributed by atoms with E-state index in [1.165, 1.54) is 5.56 Å². The van der Waals surface area contributed by atoms with Crippen molar-refractivity contribution in [2.45, 2.75) is 65.1 Å². The van der Waals surface area contributed by atoms with Gasteiger partial charge >= 0.3 is 0 Å². The lowest BCUT2D eigenvalue weighted by atomic mass is 10.0. The van der Waals surface area contributed by atoms with E-state index < -0.39 is 6.04 Å². The molecule has 4 nitrogen and oxygen atoms in total. The number of aryl methyl sites for hydroxylation is 2. The second-order valence-electron chi connectivity index (χ2n) is 9.19. The summed E-state index contributed by atoms with van der Waals surface area (Å²) in [5.74, 6) is -0.145. The van der Waals surface area contributed by atoms with E-state index in [9.17, 15) is 9.59 Å². The third kappa shape index (κ3) is 8.36. The highest BCUT2D eigenvalue weighted by atomic mass is 79.9. The molecule has 0 aliphatic rings. The van der Waals surface area contributed by atoms with Gasteiger partial charge in [-0.25, -0.2) is 0 Å². The van der Waals surface area contributed by atoms with E-state index in [0.717, 1.165) is 27.6 Å². The Labute approximate surface area is 217 Å². The number of amides is 2. The van der Waals surface area contributed by atoms with Gasteiger partial charge in [0.05, 0.1) is 0 Å². The van der Waals surface area contributed by atoms with Crippen LogP contribution in [0.1, 0.15) is 49.4 Å². The van der Waals surface area contributed by atoms with Crippen LogP contribution in [0.25, 0.3) is 0 Å². The van der Waals surface area contributed by atoms with Gasteiger partial charge in [0.2, 0.25) is 11.8 Å². The third-order valence-electron chi connectivity index (χ3n) is 6.03. The van der Waals surface area contributed by atoms with Crippen molar-refractivity contribution < 1.29 is 9.59 Å². The van der Waals surface area contributed by atoms with Gasteiger partial charge in [0.15, 0.2) is 0 Å². The van der Waals surface area contributed by atoms with Crippen molar-refractivity contribution in [1.29, 1.82) is 0 Å². The van der Waals surface area contributed by atoms with Gasteiger partial charge in [0.1, 0.15) is 6.04 Å². The fourth-order valence-electron chi connectivity index (χ4n) is 4.06. The molecule has 0 spiro atoms. The van der Waals surface area contributed by atoms with E-state index in [-0.39, 0.29) is 17.9 Å². The lowest BCUT2D eigenvalue weighted by molar-refractivity contribution is -0.141. The van der Waals surface area contributed by atoms with E-state index in [1.54, 1.807) is 4.90 Å². The first-order valence-corrected chi connectivity index (χ1v) is 13.1. The summed E-state index contributed by atoms with van der Waals surface area (Å²) < 4.78 is 0.980. The van der Waals surface area contributed by atoms with E-state index in [0.29, 0.717) is 25.8 Å². The highest BCUT2D eigenvalue weighted by Crippen LogP contribution is 2.19. The van der Waals surface area contributed by atoms with Crippen molar-refractivity contribution in [3.8, 4) is 0 Å². The molecule has 0 heterocycles. The van der Waals surface area contributed by atoms with Crippen LogP contribution in [0.2, 0.25) is 0 Å². The van der Waals surface area contributed by atoms with Gasteiger partial charge in [-0.3, -0.25) is 9.59 Å². The molecule has 3 aromatic carbocycles. The van der Waals surface area contributed by atoms with Crippen LogP contribution in [-0.2, 0) is 35.4 Å². The van der Waals surface area contributed by atoms with Gasteiger partial charge in [0.25, 0.3) is 0 Å². The highest BCUT2D eigenvalue weighted by Gasteiger charge is 2.30. The van der Waals surface area contributed by atoms with Crippen LogP contribution >= 0.6 is 15.9 Å². The molecule has 35 heavy (non-hydrogen) atoms. The Morgan fingerprint density at radius 2 is 1.43 bits per heavy atom. The Morgan fingerprint density at radius 1 is 0.829 bits per heavy atom. The topological polar surface area (TPSA) is 49.4 Å². The average Bonchev–Trinajstić information content (AvgIpc) is 2.86. The normalized spacial score (nSPS) is 11.8. The van der Waals surface area contributed by atoms with Crippen molar-refractivity contribution in [2.24, 2.45) is 0 Å². The Hall–Kier alpha value is -2.92. The van der Waals surface area contributed by atoms with Crippen LogP contribution < -0.4 is 5.32 Å². The molecule has 0 aliphatic heterocycles. The van der Waals surface area contributed by atoms with Crippen LogP contribution in [0.5, 0.6) is 0 Å². The van der Waals surface area contributed by atoms with Crippen LogP contribution in [0.15, 0.2) is 83.3 Å². The number of nitrogens with one attached hydrogen (secondary N) is 1. The lowest BCUT2D eigenvalue weighted by Gasteiger charge is -2.32. The van der Waals surface area contributed by atoms with Gasteiger partial charge in [-0.05, 0) is 61.1 Å². The Morgan fingerprint density at radius 3 is 2.03 bits per heavy atom. The maximum atomic E-state index is 13.7. The molecule has 0 radical (unpaired) electrons. The van der Waals surface area contributed by atoms with Gasteiger partial charge in [-0.1, -0.05) is 89.6 Å². The van der Waals surface area contributed by atoms with Crippen LogP contribution in [-0.4, -0.2) is 28.8 Å². The molecular weight excluding hydrogens is 500 g/mol. The molecule has 0 saturated carbocycles. The second-order valence-corrected chi connectivity index (χ2v) is 10.1. The summed E-state index contributed by atoms with van der Waals surface area (Å²) in [6.45, 7) is 6.40. The largest absolute Gasteiger partial charge is 0.352 e. The standard InChI is InChI=1S/C30H35BrN2O2/c1-4-23-10-12-24(13-11-23)16-19-29(34)33(21-26-14-17-27(31)18-15-26)28(30(35)32-22(2)3)20-25-8-6-5-7-9-25/h5-15,17-18,22,28H,4,16,19-21H2,1-3H3,(H,32,35)/t28-/m1/s1. The van der Waals surface area contributed by atoms with Gasteiger partial charge in [-0.2, -0.15) is 0 Å². The molecule has 3 aromatic rings. The maximum Gasteiger partial charge on any atom is 0.243 e. The molecule has 5 heteroatoms. The van der Waals surface area contributed by atoms with Gasteiger partial charge in [0, 0.05) is 29.9 Å². The molecule has 184 valence electrons. The first kappa shape index (κ1) is 26.7. The van der Waals surface area contributed by atoms with Gasteiger partial charge < -0.3 is 10.2 Å². The Kier molecular flexibility index (Phi) is 10.1. The second kappa shape index (κ2) is 13.2. The zero-order chi connectivity index (χ0) is 25.2. The molecule has 0 unspecified atom stereocenters. The fourth-order valence-corrected chi connectivity index (χ4v) is 4.32. The number of benzene rings is 3. The van der Waals surface area contributed by atoms with Crippen LogP contribution in [0, 0.1) is 0 Å². The highest BCUT2D eigenvalue weighted by molar-refractivity contribution is 9.10. The molecule has 1 atom stereocenters. The Bertz CT molecular complexity index is 1080. The molecule has 1 N–H and O–H groups in total. The van der Waals surface area contributed by atoms with Crippen molar-refractivity contribution in [1.82, 2.24) is 10.2 Å². The quantitative estimate of drug-likeness (QED) is 0.322. The first-order chi connectivity index (χ1) is 16.9. The van der Waals surface area contributed by atoms with Crippen LogP contribution in [0.4, 0.5) is 0 Å². The zero-order valence-electron chi connectivity index (χ0n) is 20.8. The van der Waals surface area contributed by atoms with Crippen molar-refractivity contribution in [2.75, 3.05) is 0 Å². The summed E-state index contributed by atoms with van der Waals surface area (Å²) in [6.07, 6.45) is 2.45. The SMILES string of the molecule is CCc1ccc(CCC(=O)N(Cc2ccc(Br)cc2)[C@H](Cc2ccccc2)C(=O)NC(C)C)cc1. The molecule has 3 rings (SSSR count). The van der Waals surface area contributed by atoms with E-state index in [4.69, 9.17) is 0 Å². The number of rotatable bonds is 11. The minimum atomic E-state index is -0.599. The number of nitrogens with zero attached hydrogens (tertiary/aromatic N) is 1. The van der Waals surface area contributed by atoms with E-state index >= 15 is 0 Å². The average molecular weight is 536 g/mol. The third-order valence-corrected chi connectivity index (χ3v) is 6.56. The summed E-state index contributed by atoms with van der Waals surface area (Å²) in [7, 11) is 0. The summed E-state index contributed by atoms with van der Waals surface area (Å²) >= 11 is 3.48. The number of hydrogen-bond acceptors (Lipinski definition) is 2. The molecule has 2 amide bonds. The molecule has 0 fully saturated rings. The predicted molar refractivity (Wildman–Crippen MR) is 146 cm³/mol. The Balaban J connectivity index is 1.87. The monoisotopic (exact) mass is 534 g/mol. The minimum Gasteiger partial charge on any atom is -0.352 e. The summed E-state index contributed by atoms with van der Waals surface area (Å²) in [6, 6.07) is 25.6. The first-order valence-electron chi connectivity index (χ1n) is 12.3. The smallest absolute Gasteiger partial charge is 0.243 e. The summed E-state index contributed by atoms with van der Waals surface area (Å²) in [5.41, 5.74) is 4.43. The van der Waals surface area contributed by atoms with Crippen molar-refractivity contribution in [3.63, 3.8) is 0 Å². The zero-order valence-corrected chi connectivity index (χ0v) is 22.4. The number of halogens is 1. The van der Waals surface area contributed by atoms with Gasteiger partial charge in [-0.15, -0.1) is 0 Å². The maximum absolute atomic E-state index is 13.7. The number of carbonyl (C=O) groups is 2. The molecule has 0 saturated heterocycles. The number of hydrogen-bond donors (Lipinski definition) is 1. The minimum absolute atomic E-state index is 0.0116. The van der Waals surface area contributed by atoms with Crippen molar-refractivity contribution >= 4 is 27.7 Å². The van der Waals surface area contributed by atoms with E-state index in [2.05, 4.69) is 52.4 Å². The lowest BCUT2D eigenvalue weighted by Crippen LogP contribution is -2.51. The summed E-state index contributed by atoms with van der Waals surface area (Å²) in [5, 5.41) is 3.04.